The van der Waals surface area contributed by atoms with E-state index >= 15 is 0 Å². The first-order valence-corrected chi connectivity index (χ1v) is 8.21. The fraction of sp³-hybridized carbons (Fsp3) is 0.0625. The number of carbonyl (C=O) groups excluding carboxylic acids is 1. The summed E-state index contributed by atoms with van der Waals surface area (Å²) in [4.78, 5) is 11.0. The van der Waals surface area contributed by atoms with Crippen molar-refractivity contribution in [1.82, 2.24) is 0 Å². The number of nitrogens with two attached hydrogens (primary N) is 1. The molecule has 0 saturated heterocycles. The molecule has 8 heteroatoms. The summed E-state index contributed by atoms with van der Waals surface area (Å²) in [6, 6.07) is 11.5. The van der Waals surface area contributed by atoms with Gasteiger partial charge in [0, 0.05) is 29.9 Å². The topological polar surface area (TPSA) is 119 Å². The molecule has 0 saturated carbocycles. The van der Waals surface area contributed by atoms with Gasteiger partial charge in [-0.2, -0.15) is 8.42 Å². The lowest BCUT2D eigenvalue weighted by Gasteiger charge is -2.07. The van der Waals surface area contributed by atoms with E-state index in [2.05, 4.69) is 9.50 Å². The lowest BCUT2D eigenvalue weighted by atomic mass is 10.1. The Morgan fingerprint density at radius 2 is 1.83 bits per heavy atom. The van der Waals surface area contributed by atoms with Crippen LogP contribution >= 0.6 is 0 Å². The number of amides is 1. The van der Waals surface area contributed by atoms with Crippen molar-refractivity contribution in [3.63, 3.8) is 0 Å². The van der Waals surface area contributed by atoms with Crippen LogP contribution in [-0.2, 0) is 15.2 Å². The highest BCUT2D eigenvalue weighted by Gasteiger charge is 2.10. The summed E-state index contributed by atoms with van der Waals surface area (Å²) in [5.41, 5.74) is 7.80. The molecule has 0 aromatic heterocycles. The van der Waals surface area contributed by atoms with Crippen LogP contribution in [0.15, 0.2) is 42.5 Å². The van der Waals surface area contributed by atoms with Gasteiger partial charge in [0.2, 0.25) is 5.91 Å². The van der Waals surface area contributed by atoms with Crippen molar-refractivity contribution < 1.29 is 21.9 Å². The van der Waals surface area contributed by atoms with Crippen molar-refractivity contribution in [3.8, 4) is 5.75 Å². The van der Waals surface area contributed by atoms with Gasteiger partial charge in [0.15, 0.2) is 5.75 Å². The minimum absolute atomic E-state index is 0.0800. The SMILES string of the molecule is CC(=O)Nc1ccc(C=Cc2ccc(N)cc2OS(=O)(=O)O)cc1. The molecule has 1 amide bonds. The summed E-state index contributed by atoms with van der Waals surface area (Å²) in [6.45, 7) is 1.42. The van der Waals surface area contributed by atoms with Crippen molar-refractivity contribution in [2.75, 3.05) is 11.1 Å². The summed E-state index contributed by atoms with van der Waals surface area (Å²) in [5.74, 6) is -0.240. The third kappa shape index (κ3) is 5.41. The Kier molecular flexibility index (Phi) is 5.22. The monoisotopic (exact) mass is 348 g/mol. The molecule has 0 heterocycles. The maximum atomic E-state index is 11.0. The third-order valence-corrected chi connectivity index (χ3v) is 3.31. The number of anilines is 2. The molecule has 0 spiro atoms. The summed E-state index contributed by atoms with van der Waals surface area (Å²) in [5, 5.41) is 2.66. The van der Waals surface area contributed by atoms with Gasteiger partial charge in [-0.1, -0.05) is 24.3 Å². The zero-order chi connectivity index (χ0) is 17.7. The fourth-order valence-corrected chi connectivity index (χ4v) is 2.31. The van der Waals surface area contributed by atoms with Crippen LogP contribution in [0, 0.1) is 0 Å². The molecule has 0 aliphatic carbocycles. The first-order valence-electron chi connectivity index (χ1n) is 6.85. The highest BCUT2D eigenvalue weighted by atomic mass is 32.3. The van der Waals surface area contributed by atoms with Crippen LogP contribution in [-0.4, -0.2) is 18.9 Å². The third-order valence-electron chi connectivity index (χ3n) is 2.92. The predicted octanol–water partition coefficient (Wildman–Crippen LogP) is 2.58. The molecule has 0 unspecified atom stereocenters. The van der Waals surface area contributed by atoms with Crippen LogP contribution in [0.2, 0.25) is 0 Å². The summed E-state index contributed by atoms with van der Waals surface area (Å²) in [6.07, 6.45) is 3.34. The number of nitrogens with one attached hydrogen (secondary N) is 1. The van der Waals surface area contributed by atoms with Crippen molar-refractivity contribution in [2.24, 2.45) is 0 Å². The standard InChI is InChI=1S/C16H16N2O5S/c1-11(19)18-15-8-3-12(4-9-15)2-5-13-6-7-14(17)10-16(13)23-24(20,21)22/h2-10H,17H2,1H3,(H,18,19)(H,20,21,22). The zero-order valence-corrected chi connectivity index (χ0v) is 13.6. The van der Waals surface area contributed by atoms with Crippen molar-refractivity contribution >= 4 is 39.8 Å². The first kappa shape index (κ1) is 17.5. The second kappa shape index (κ2) is 7.16. The van der Waals surface area contributed by atoms with E-state index in [4.69, 9.17) is 10.3 Å². The van der Waals surface area contributed by atoms with Gasteiger partial charge in [-0.15, -0.1) is 0 Å². The largest absolute Gasteiger partial charge is 0.446 e. The second-order valence-electron chi connectivity index (χ2n) is 4.94. The maximum absolute atomic E-state index is 11.0. The minimum atomic E-state index is -4.65. The molecular weight excluding hydrogens is 332 g/mol. The Labute approximate surface area is 139 Å². The van der Waals surface area contributed by atoms with E-state index < -0.39 is 10.4 Å². The summed E-state index contributed by atoms with van der Waals surface area (Å²) >= 11 is 0. The van der Waals surface area contributed by atoms with E-state index in [1.165, 1.54) is 13.0 Å². The van der Waals surface area contributed by atoms with Crippen molar-refractivity contribution in [2.45, 2.75) is 6.92 Å². The van der Waals surface area contributed by atoms with Crippen molar-refractivity contribution in [3.05, 3.63) is 53.6 Å². The molecular formula is C16H16N2O5S. The smallest absolute Gasteiger partial charge is 0.399 e. The molecule has 0 bridgehead atoms. The van der Waals surface area contributed by atoms with Gasteiger partial charge in [0.05, 0.1) is 0 Å². The van der Waals surface area contributed by atoms with E-state index in [-0.39, 0.29) is 11.7 Å². The Morgan fingerprint density at radius 1 is 1.17 bits per heavy atom. The lowest BCUT2D eigenvalue weighted by molar-refractivity contribution is -0.114. The van der Waals surface area contributed by atoms with Gasteiger partial charge in [-0.05, 0) is 29.8 Å². The Balaban J connectivity index is 2.23. The number of hydrogen-bond donors (Lipinski definition) is 3. The van der Waals surface area contributed by atoms with E-state index in [1.807, 2.05) is 0 Å². The Morgan fingerprint density at radius 3 is 2.42 bits per heavy atom. The number of rotatable bonds is 5. The summed E-state index contributed by atoms with van der Waals surface area (Å²) < 4.78 is 35.1. The van der Waals surface area contributed by atoms with E-state index in [9.17, 15) is 13.2 Å². The normalized spacial score (nSPS) is 11.4. The molecule has 2 aromatic rings. The van der Waals surface area contributed by atoms with Crippen LogP contribution in [0.25, 0.3) is 12.2 Å². The van der Waals surface area contributed by atoms with Crippen LogP contribution in [0.1, 0.15) is 18.1 Å². The lowest BCUT2D eigenvalue weighted by Crippen LogP contribution is -2.07. The average molecular weight is 348 g/mol. The molecule has 0 fully saturated rings. The fourth-order valence-electron chi connectivity index (χ4n) is 1.94. The van der Waals surface area contributed by atoms with Crippen LogP contribution in [0.5, 0.6) is 5.75 Å². The van der Waals surface area contributed by atoms with Gasteiger partial charge in [0.25, 0.3) is 0 Å². The van der Waals surface area contributed by atoms with Gasteiger partial charge < -0.3 is 15.2 Å². The molecule has 0 atom stereocenters. The van der Waals surface area contributed by atoms with Gasteiger partial charge in [-0.3, -0.25) is 9.35 Å². The Bertz CT molecular complexity index is 874. The molecule has 4 N–H and O–H groups in total. The molecule has 0 aliphatic rings. The molecule has 0 radical (unpaired) electrons. The van der Waals surface area contributed by atoms with Gasteiger partial charge in [-0.25, -0.2) is 0 Å². The van der Waals surface area contributed by atoms with E-state index in [0.29, 0.717) is 16.9 Å². The quantitative estimate of drug-likeness (QED) is 0.434. The number of benzene rings is 2. The number of nitrogen functional groups attached to an aromatic ring is 1. The first-order chi connectivity index (χ1) is 11.2. The maximum Gasteiger partial charge on any atom is 0.446 e. The minimum Gasteiger partial charge on any atom is -0.399 e. The van der Waals surface area contributed by atoms with Crippen LogP contribution < -0.4 is 15.2 Å². The zero-order valence-electron chi connectivity index (χ0n) is 12.8. The van der Waals surface area contributed by atoms with Gasteiger partial charge >= 0.3 is 10.4 Å². The molecule has 126 valence electrons. The van der Waals surface area contributed by atoms with Gasteiger partial charge in [0.1, 0.15) is 0 Å². The number of carbonyl (C=O) groups is 1. The molecule has 7 nitrogen and oxygen atoms in total. The average Bonchev–Trinajstić information content (AvgIpc) is 2.46. The van der Waals surface area contributed by atoms with E-state index in [1.54, 1.807) is 48.6 Å². The molecule has 2 rings (SSSR count). The molecule has 0 aliphatic heterocycles. The predicted molar refractivity (Wildman–Crippen MR) is 92.7 cm³/mol. The molecule has 24 heavy (non-hydrogen) atoms. The second-order valence-corrected chi connectivity index (χ2v) is 5.97. The highest BCUT2D eigenvalue weighted by molar-refractivity contribution is 7.81. The van der Waals surface area contributed by atoms with Crippen molar-refractivity contribution in [1.29, 1.82) is 0 Å². The molecule has 2 aromatic carbocycles. The number of hydrogen-bond acceptors (Lipinski definition) is 5. The highest BCUT2D eigenvalue weighted by Crippen LogP contribution is 2.25. The van der Waals surface area contributed by atoms with Crippen LogP contribution in [0.4, 0.5) is 11.4 Å². The van der Waals surface area contributed by atoms with E-state index in [0.717, 1.165) is 5.56 Å². The summed E-state index contributed by atoms with van der Waals surface area (Å²) in [7, 11) is -4.65. The van der Waals surface area contributed by atoms with Crippen LogP contribution in [0.3, 0.4) is 0 Å². The Hall–Kier alpha value is -2.84.